The monoisotopic (exact) mass is 761 g/mol. The summed E-state index contributed by atoms with van der Waals surface area (Å²) in [6.45, 7) is 1.93. The Labute approximate surface area is 273 Å². The molecule has 0 spiro atoms. The van der Waals surface area contributed by atoms with Crippen LogP contribution in [0.1, 0.15) is 77.6 Å². The maximum absolute atomic E-state index is 11.9. The Hall–Kier alpha value is -2.18. The highest BCUT2D eigenvalue weighted by Gasteiger charge is 2.39. The van der Waals surface area contributed by atoms with Gasteiger partial charge in [0.1, 0.15) is 26.4 Å². The molecule has 48 heavy (non-hydrogen) atoms. The highest BCUT2D eigenvalue weighted by molar-refractivity contribution is 7.33. The lowest BCUT2D eigenvalue weighted by Gasteiger charge is -2.06. The maximum atomic E-state index is 11.9. The molecule has 1 atom stereocenters. The molecule has 0 aromatic rings. The summed E-state index contributed by atoms with van der Waals surface area (Å²) in [7, 11) is -4.64. The smallest absolute Gasteiger partial charge is 0.348 e. The van der Waals surface area contributed by atoms with Gasteiger partial charge in [-0.05, 0) is 44.9 Å². The molecule has 0 aliphatic carbocycles. The first-order valence-electron chi connectivity index (χ1n) is 14.8. The quantitative estimate of drug-likeness (QED) is 0.0523. The fourth-order valence-electron chi connectivity index (χ4n) is 2.92. The van der Waals surface area contributed by atoms with Gasteiger partial charge in [-0.3, -0.25) is 14.4 Å². The lowest BCUT2D eigenvalue weighted by Crippen LogP contribution is -2.37. The van der Waals surface area contributed by atoms with Crippen LogP contribution in [0.25, 0.3) is 0 Å². The topological polar surface area (TPSA) is 158 Å². The average Bonchev–Trinajstić information content (AvgIpc) is 2.98. The Morgan fingerprint density at radius 1 is 0.458 bits per heavy atom. The van der Waals surface area contributed by atoms with E-state index in [1.54, 1.807) is 16.0 Å². The van der Waals surface area contributed by atoms with Crippen LogP contribution in [-0.2, 0) is 41.6 Å². The number of unbranched alkanes of at least 4 members (excludes halogenated alkanes) is 7. The van der Waals surface area contributed by atoms with Crippen LogP contribution in [0.5, 0.6) is 0 Å². The normalized spacial score (nSPS) is 12.1. The van der Waals surface area contributed by atoms with Crippen molar-refractivity contribution in [1.29, 1.82) is 0 Å². The van der Waals surface area contributed by atoms with Gasteiger partial charge >= 0.3 is 52.8 Å². The molecule has 3 amide bonds. The molecule has 3 N–H and O–H groups in total. The molecule has 0 rings (SSSR count). The van der Waals surface area contributed by atoms with Gasteiger partial charge in [0.15, 0.2) is 0 Å². The number of hydrogen-bond acceptors (Lipinski definition) is 9. The summed E-state index contributed by atoms with van der Waals surface area (Å²) >= 11 is 0. The Kier molecular flexibility index (Phi) is 27.6. The number of rotatable bonds is 25. The molecular formula is C25H42F9N3O9P2+2. The molecule has 0 aliphatic rings. The van der Waals surface area contributed by atoms with Crippen LogP contribution < -0.4 is 16.0 Å². The minimum atomic E-state index is -4.94. The zero-order valence-corrected chi connectivity index (χ0v) is 28.0. The average molecular weight is 762 g/mol. The molecule has 0 saturated heterocycles. The van der Waals surface area contributed by atoms with Crippen molar-refractivity contribution in [3.8, 4) is 0 Å². The fraction of sp³-hybridized carbons (Fsp3) is 0.880. The van der Waals surface area contributed by atoms with E-state index < -0.39 is 52.8 Å². The van der Waals surface area contributed by atoms with E-state index >= 15 is 0 Å². The largest absolute Gasteiger partial charge is 0.697 e. The van der Waals surface area contributed by atoms with Gasteiger partial charge in [-0.25, -0.2) is 0 Å². The molecule has 0 aromatic heterocycles. The van der Waals surface area contributed by atoms with Crippen LogP contribution in [0.3, 0.4) is 0 Å². The van der Waals surface area contributed by atoms with Crippen molar-refractivity contribution >= 4 is 34.2 Å². The second-order valence-corrected chi connectivity index (χ2v) is 11.5. The van der Waals surface area contributed by atoms with Crippen LogP contribution in [0.15, 0.2) is 0 Å². The van der Waals surface area contributed by atoms with Crippen molar-refractivity contribution in [1.82, 2.24) is 16.0 Å². The van der Waals surface area contributed by atoms with Gasteiger partial charge in [-0.1, -0.05) is 32.6 Å². The van der Waals surface area contributed by atoms with Gasteiger partial charge in [0.25, 0.3) is 0 Å². The van der Waals surface area contributed by atoms with Gasteiger partial charge < -0.3 is 16.0 Å². The molecule has 0 radical (unpaired) electrons. The molecule has 12 nitrogen and oxygen atoms in total. The van der Waals surface area contributed by atoms with Crippen LogP contribution in [0, 0.1) is 0 Å². The second-order valence-electron chi connectivity index (χ2n) is 9.58. The lowest BCUT2D eigenvalue weighted by atomic mass is 10.2. The number of nitrogens with one attached hydrogen (secondary N) is 3. The molecule has 0 heterocycles. The van der Waals surface area contributed by atoms with Gasteiger partial charge in [-0.15, -0.1) is 18.1 Å². The van der Waals surface area contributed by atoms with Crippen molar-refractivity contribution in [2.45, 2.75) is 96.1 Å². The summed E-state index contributed by atoms with van der Waals surface area (Å²) in [5, 5.41) is 5.06. The van der Waals surface area contributed by atoms with E-state index in [0.717, 1.165) is 25.7 Å². The predicted molar refractivity (Wildman–Crippen MR) is 153 cm³/mol. The molecule has 0 fully saturated rings. The van der Waals surface area contributed by atoms with Crippen LogP contribution in [0.2, 0.25) is 0 Å². The Balaban J connectivity index is 0. The van der Waals surface area contributed by atoms with E-state index in [2.05, 4.69) is 6.92 Å². The van der Waals surface area contributed by atoms with E-state index in [4.69, 9.17) is 18.1 Å². The van der Waals surface area contributed by atoms with E-state index in [9.17, 15) is 63.0 Å². The molecule has 1 unspecified atom stereocenters. The second kappa shape index (κ2) is 27.6. The first-order chi connectivity index (χ1) is 22.3. The van der Waals surface area contributed by atoms with Gasteiger partial charge in [-0.2, -0.15) is 39.5 Å². The Bertz CT molecular complexity index is 903. The fourth-order valence-corrected chi connectivity index (χ4v) is 4.19. The number of carbonyl (C=O) groups excluding carboxylic acids is 3. The summed E-state index contributed by atoms with van der Waals surface area (Å²) in [6, 6.07) is 0. The van der Waals surface area contributed by atoms with Crippen molar-refractivity contribution in [3.05, 3.63) is 0 Å². The lowest BCUT2D eigenvalue weighted by molar-refractivity contribution is -0.173. The zero-order valence-electron chi connectivity index (χ0n) is 26.2. The van der Waals surface area contributed by atoms with E-state index in [1.807, 2.05) is 0 Å². The van der Waals surface area contributed by atoms with Gasteiger partial charge in [0.05, 0.1) is 0 Å². The van der Waals surface area contributed by atoms with E-state index in [-0.39, 0.29) is 65.1 Å². The van der Waals surface area contributed by atoms with Crippen LogP contribution in [-0.4, -0.2) is 82.3 Å². The summed E-state index contributed by atoms with van der Waals surface area (Å²) in [4.78, 5) is 31.4. The standard InChI is InChI=1S/C13H23F3NO4P.C12H17F6N2O5P/c1-2-3-4-5-7-10-20-22(19)21-11-8-6-9-17-12(18)13(14,15)16;13-11(14,15)9(21)19-5-1-3-7-24-26(23)25-8-4-2-6-20-10(22)12(16,17)18/h2-11H2,1H3;1-8H2,(H-,19,20,21,22)/p+2. The van der Waals surface area contributed by atoms with Gasteiger partial charge in [0, 0.05) is 28.8 Å². The third-order valence-corrected chi connectivity index (χ3v) is 6.95. The van der Waals surface area contributed by atoms with E-state index in [1.165, 1.54) is 6.42 Å². The van der Waals surface area contributed by atoms with Crippen LogP contribution >= 0.6 is 16.5 Å². The Morgan fingerprint density at radius 3 is 0.958 bits per heavy atom. The molecule has 0 aromatic carbocycles. The van der Waals surface area contributed by atoms with Crippen molar-refractivity contribution < 1.29 is 81.1 Å². The minimum Gasteiger partial charge on any atom is -0.348 e. The Morgan fingerprint density at radius 2 is 0.708 bits per heavy atom. The number of alkyl halides is 9. The van der Waals surface area contributed by atoms with Crippen molar-refractivity contribution in [3.63, 3.8) is 0 Å². The first kappa shape index (κ1) is 47.9. The van der Waals surface area contributed by atoms with E-state index in [0.29, 0.717) is 19.4 Å². The number of amides is 3. The summed E-state index contributed by atoms with van der Waals surface area (Å²) < 4.78 is 149. The SMILES string of the molecule is CCCCCCCO[P+](=O)OCCCCNC(=O)C(F)(F)F.O=C(NCCCCO[P+](=O)OCCCCNC(=O)C(F)(F)F)C(F)(F)F. The highest BCUT2D eigenvalue weighted by Crippen LogP contribution is 2.25. The molecule has 282 valence electrons. The molecule has 23 heteroatoms. The summed E-state index contributed by atoms with van der Waals surface area (Å²) in [5.41, 5.74) is 0. The minimum absolute atomic E-state index is 0.0707. The van der Waals surface area contributed by atoms with Crippen LogP contribution in [0.4, 0.5) is 39.5 Å². The third kappa shape index (κ3) is 31.1. The number of hydrogen-bond donors (Lipinski definition) is 3. The molecule has 0 bridgehead atoms. The van der Waals surface area contributed by atoms with Crippen molar-refractivity contribution in [2.24, 2.45) is 0 Å². The molecule has 0 aliphatic heterocycles. The number of halogens is 9. The first-order valence-corrected chi connectivity index (χ1v) is 17.0. The third-order valence-electron chi connectivity index (χ3n) is 5.38. The summed E-state index contributed by atoms with van der Waals surface area (Å²) in [6.07, 6.45) is -7.94. The van der Waals surface area contributed by atoms with Gasteiger partial charge in [0.2, 0.25) is 0 Å². The molecular weight excluding hydrogens is 719 g/mol. The molecule has 0 saturated carbocycles. The number of carbonyl (C=O) groups is 3. The summed E-state index contributed by atoms with van der Waals surface area (Å²) in [5.74, 6) is -6.04. The zero-order chi connectivity index (χ0) is 37.1. The predicted octanol–water partition coefficient (Wildman–Crippen LogP) is 6.70. The highest BCUT2D eigenvalue weighted by atomic mass is 31.1. The maximum Gasteiger partial charge on any atom is 0.697 e. The van der Waals surface area contributed by atoms with Crippen molar-refractivity contribution in [2.75, 3.05) is 46.1 Å².